The van der Waals surface area contributed by atoms with Crippen LogP contribution in [0.25, 0.3) is 0 Å². The Bertz CT molecular complexity index is 395. The molecule has 1 aliphatic heterocycles. The van der Waals surface area contributed by atoms with E-state index in [0.717, 1.165) is 38.3 Å². The number of hydrogen-bond acceptors (Lipinski definition) is 2. The van der Waals surface area contributed by atoms with Gasteiger partial charge < -0.3 is 10.0 Å². The van der Waals surface area contributed by atoms with Crippen LogP contribution >= 0.6 is 0 Å². The fourth-order valence-electron chi connectivity index (χ4n) is 4.42. The van der Waals surface area contributed by atoms with Gasteiger partial charge in [0, 0.05) is 25.4 Å². The number of rotatable bonds is 4. The molecule has 2 atom stereocenters. The van der Waals surface area contributed by atoms with Crippen molar-refractivity contribution in [2.75, 3.05) is 13.1 Å². The van der Waals surface area contributed by atoms with Gasteiger partial charge in [0.25, 0.3) is 0 Å². The predicted molar refractivity (Wildman–Crippen MR) is 79.7 cm³/mol. The summed E-state index contributed by atoms with van der Waals surface area (Å²) >= 11 is 0. The Morgan fingerprint density at radius 1 is 1.00 bits per heavy atom. The summed E-state index contributed by atoms with van der Waals surface area (Å²) in [7, 11) is 0. The molecule has 0 spiro atoms. The molecule has 0 aromatic carbocycles. The van der Waals surface area contributed by atoms with Crippen LogP contribution in [0, 0.1) is 23.7 Å². The SMILES string of the molecule is O=C(O)CC1CCN(C(=O)C2CC2C2CCCCC2)CC1. The third-order valence-electron chi connectivity index (χ3n) is 5.80. The molecule has 4 nitrogen and oxygen atoms in total. The zero-order valence-electron chi connectivity index (χ0n) is 12.8. The molecule has 2 unspecified atom stereocenters. The van der Waals surface area contributed by atoms with E-state index in [1.807, 2.05) is 4.90 Å². The molecule has 0 aromatic rings. The Balaban J connectivity index is 1.44. The average molecular weight is 293 g/mol. The van der Waals surface area contributed by atoms with Gasteiger partial charge in [-0.2, -0.15) is 0 Å². The van der Waals surface area contributed by atoms with Gasteiger partial charge in [0.1, 0.15) is 0 Å². The molecule has 0 aromatic heterocycles. The third-order valence-corrected chi connectivity index (χ3v) is 5.80. The maximum atomic E-state index is 12.6. The Kier molecular flexibility index (Phi) is 4.51. The minimum absolute atomic E-state index is 0.260. The highest BCUT2D eigenvalue weighted by atomic mass is 16.4. The first-order valence-corrected chi connectivity index (χ1v) is 8.65. The smallest absolute Gasteiger partial charge is 0.303 e. The number of aliphatic carboxylic acids is 1. The van der Waals surface area contributed by atoms with E-state index in [4.69, 9.17) is 5.11 Å². The number of amides is 1. The number of piperidine rings is 1. The summed E-state index contributed by atoms with van der Waals surface area (Å²) in [6.07, 6.45) is 9.82. The quantitative estimate of drug-likeness (QED) is 0.867. The summed E-state index contributed by atoms with van der Waals surface area (Å²) in [4.78, 5) is 25.3. The number of nitrogens with zero attached hydrogens (tertiary/aromatic N) is 1. The maximum absolute atomic E-state index is 12.6. The highest BCUT2D eigenvalue weighted by Crippen LogP contribution is 2.50. The van der Waals surface area contributed by atoms with E-state index >= 15 is 0 Å². The molecule has 1 heterocycles. The topological polar surface area (TPSA) is 57.6 Å². The van der Waals surface area contributed by atoms with Crippen LogP contribution in [-0.2, 0) is 9.59 Å². The largest absolute Gasteiger partial charge is 0.481 e. The van der Waals surface area contributed by atoms with Crippen molar-refractivity contribution in [1.29, 1.82) is 0 Å². The molecular weight excluding hydrogens is 266 g/mol. The van der Waals surface area contributed by atoms with E-state index < -0.39 is 5.97 Å². The predicted octanol–water partition coefficient (Wildman–Crippen LogP) is 2.92. The van der Waals surface area contributed by atoms with Crippen LogP contribution in [0.4, 0.5) is 0 Å². The molecule has 1 saturated heterocycles. The summed E-state index contributed by atoms with van der Waals surface area (Å²) in [6, 6.07) is 0. The minimum atomic E-state index is -0.709. The Morgan fingerprint density at radius 3 is 2.29 bits per heavy atom. The number of carbonyl (C=O) groups is 2. The van der Waals surface area contributed by atoms with Crippen LogP contribution in [-0.4, -0.2) is 35.0 Å². The van der Waals surface area contributed by atoms with E-state index in [9.17, 15) is 9.59 Å². The maximum Gasteiger partial charge on any atom is 0.303 e. The van der Waals surface area contributed by atoms with Gasteiger partial charge in [-0.05, 0) is 37.0 Å². The third kappa shape index (κ3) is 3.58. The molecule has 118 valence electrons. The van der Waals surface area contributed by atoms with E-state index in [2.05, 4.69) is 0 Å². The second-order valence-electron chi connectivity index (χ2n) is 7.27. The van der Waals surface area contributed by atoms with Gasteiger partial charge >= 0.3 is 5.97 Å². The number of carboxylic acids is 1. The Morgan fingerprint density at radius 2 is 1.67 bits per heavy atom. The lowest BCUT2D eigenvalue weighted by molar-refractivity contribution is -0.139. The van der Waals surface area contributed by atoms with Gasteiger partial charge in [-0.3, -0.25) is 9.59 Å². The number of carbonyl (C=O) groups excluding carboxylic acids is 1. The van der Waals surface area contributed by atoms with Crippen molar-refractivity contribution in [3.63, 3.8) is 0 Å². The molecule has 4 heteroatoms. The van der Waals surface area contributed by atoms with Gasteiger partial charge in [-0.1, -0.05) is 32.1 Å². The van der Waals surface area contributed by atoms with Crippen molar-refractivity contribution in [3.8, 4) is 0 Å². The molecule has 1 amide bonds. The molecule has 21 heavy (non-hydrogen) atoms. The lowest BCUT2D eigenvalue weighted by Gasteiger charge is -2.32. The summed E-state index contributed by atoms with van der Waals surface area (Å²) < 4.78 is 0. The van der Waals surface area contributed by atoms with E-state index in [1.54, 1.807) is 0 Å². The van der Waals surface area contributed by atoms with Gasteiger partial charge in [0.15, 0.2) is 0 Å². The summed E-state index contributed by atoms with van der Waals surface area (Å²) in [5.74, 6) is 1.68. The highest BCUT2D eigenvalue weighted by Gasteiger charge is 2.49. The molecular formula is C17H27NO3. The first-order valence-electron chi connectivity index (χ1n) is 8.65. The summed E-state index contributed by atoms with van der Waals surface area (Å²) in [6.45, 7) is 1.54. The number of carboxylic acid groups (broad SMARTS) is 1. The lowest BCUT2D eigenvalue weighted by atomic mass is 9.85. The zero-order valence-corrected chi connectivity index (χ0v) is 12.8. The second kappa shape index (κ2) is 6.37. The molecule has 0 bridgehead atoms. The Hall–Kier alpha value is -1.06. The molecule has 2 aliphatic carbocycles. The number of likely N-dealkylation sites (tertiary alicyclic amines) is 1. The highest BCUT2D eigenvalue weighted by molar-refractivity contribution is 5.81. The first kappa shape index (κ1) is 14.9. The van der Waals surface area contributed by atoms with Crippen molar-refractivity contribution in [1.82, 2.24) is 4.90 Å². The number of hydrogen-bond donors (Lipinski definition) is 1. The van der Waals surface area contributed by atoms with Crippen molar-refractivity contribution < 1.29 is 14.7 Å². The van der Waals surface area contributed by atoms with Crippen LogP contribution < -0.4 is 0 Å². The zero-order chi connectivity index (χ0) is 14.8. The molecule has 3 aliphatic rings. The van der Waals surface area contributed by atoms with Gasteiger partial charge in [-0.15, -0.1) is 0 Å². The molecule has 1 N–H and O–H groups in total. The van der Waals surface area contributed by atoms with Crippen LogP contribution in [0.3, 0.4) is 0 Å². The van der Waals surface area contributed by atoms with E-state index in [1.165, 1.54) is 32.1 Å². The normalized spacial score (nSPS) is 31.1. The van der Waals surface area contributed by atoms with Crippen LogP contribution in [0.1, 0.15) is 57.8 Å². The molecule has 0 radical (unpaired) electrons. The van der Waals surface area contributed by atoms with Crippen molar-refractivity contribution >= 4 is 11.9 Å². The second-order valence-corrected chi connectivity index (χ2v) is 7.27. The fourth-order valence-corrected chi connectivity index (χ4v) is 4.42. The molecule has 2 saturated carbocycles. The van der Waals surface area contributed by atoms with Crippen LogP contribution in [0.5, 0.6) is 0 Å². The van der Waals surface area contributed by atoms with Crippen LogP contribution in [0.15, 0.2) is 0 Å². The summed E-state index contributed by atoms with van der Waals surface area (Å²) in [5, 5.41) is 8.84. The minimum Gasteiger partial charge on any atom is -0.481 e. The Labute approximate surface area is 126 Å². The van der Waals surface area contributed by atoms with Crippen molar-refractivity contribution in [3.05, 3.63) is 0 Å². The summed E-state index contributed by atoms with van der Waals surface area (Å²) in [5.41, 5.74) is 0. The average Bonchev–Trinajstić information content (AvgIpc) is 3.28. The molecule has 3 fully saturated rings. The standard InChI is InChI=1S/C17H27NO3/c19-16(20)10-12-6-8-18(9-7-12)17(21)15-11-14(15)13-4-2-1-3-5-13/h12-15H,1-11H2,(H,19,20). The lowest BCUT2D eigenvalue weighted by Crippen LogP contribution is -2.40. The van der Waals surface area contributed by atoms with Gasteiger partial charge in [0.05, 0.1) is 0 Å². The first-order chi connectivity index (χ1) is 10.1. The van der Waals surface area contributed by atoms with Gasteiger partial charge in [-0.25, -0.2) is 0 Å². The monoisotopic (exact) mass is 293 g/mol. The fraction of sp³-hybridized carbons (Fsp3) is 0.882. The van der Waals surface area contributed by atoms with Gasteiger partial charge in [0.2, 0.25) is 5.91 Å². The van der Waals surface area contributed by atoms with E-state index in [0.29, 0.717) is 17.7 Å². The van der Waals surface area contributed by atoms with E-state index in [-0.39, 0.29) is 12.3 Å². The van der Waals surface area contributed by atoms with Crippen molar-refractivity contribution in [2.45, 2.75) is 57.8 Å². The molecule has 3 rings (SSSR count). The van der Waals surface area contributed by atoms with Crippen molar-refractivity contribution in [2.24, 2.45) is 23.7 Å². The van der Waals surface area contributed by atoms with Crippen LogP contribution in [0.2, 0.25) is 0 Å².